The number of ether oxygens (including phenoxy) is 2. The van der Waals surface area contributed by atoms with Gasteiger partial charge >= 0.3 is 5.97 Å². The molecule has 0 aliphatic rings. The Hall–Kier alpha value is -2.85. The molecule has 0 unspecified atom stereocenters. The Morgan fingerprint density at radius 2 is 1.89 bits per heavy atom. The number of benzene rings is 1. The van der Waals surface area contributed by atoms with E-state index in [1.54, 1.807) is 20.2 Å². The molecule has 37 heavy (non-hydrogen) atoms. The molecule has 4 N–H and O–H groups in total. The average molecular weight is 532 g/mol. The Balaban J connectivity index is 1.76. The molecular formula is C25H38N7O4P. The van der Waals surface area contributed by atoms with E-state index in [0.29, 0.717) is 36.6 Å². The Labute approximate surface area is 218 Å². The number of hydrogen-bond donors (Lipinski definition) is 3. The first kappa shape index (κ1) is 28.7. The van der Waals surface area contributed by atoms with Crippen LogP contribution in [0.5, 0.6) is 0 Å². The van der Waals surface area contributed by atoms with Crippen LogP contribution in [0.25, 0.3) is 11.2 Å². The van der Waals surface area contributed by atoms with Crippen molar-refractivity contribution >= 4 is 30.4 Å². The summed E-state index contributed by atoms with van der Waals surface area (Å²) >= 11 is 0. The van der Waals surface area contributed by atoms with E-state index in [1.165, 1.54) is 6.33 Å². The molecule has 0 bridgehead atoms. The summed E-state index contributed by atoms with van der Waals surface area (Å²) in [6.45, 7) is 11.7. The van der Waals surface area contributed by atoms with Gasteiger partial charge in [0.1, 0.15) is 23.7 Å². The minimum atomic E-state index is -3.45. The zero-order chi connectivity index (χ0) is 27.2. The van der Waals surface area contributed by atoms with Gasteiger partial charge < -0.3 is 19.8 Å². The van der Waals surface area contributed by atoms with Crippen molar-refractivity contribution in [2.24, 2.45) is 0 Å². The van der Waals surface area contributed by atoms with Crippen LogP contribution >= 0.6 is 7.44 Å². The van der Waals surface area contributed by atoms with Crippen LogP contribution in [0.4, 0.5) is 5.82 Å². The summed E-state index contributed by atoms with van der Waals surface area (Å²) in [6.07, 6.45) is 3.20. The van der Waals surface area contributed by atoms with Crippen molar-refractivity contribution in [2.75, 3.05) is 18.7 Å². The highest BCUT2D eigenvalue weighted by Gasteiger charge is 2.38. The molecule has 2 aromatic heterocycles. The highest BCUT2D eigenvalue weighted by atomic mass is 31.2. The van der Waals surface area contributed by atoms with E-state index in [9.17, 15) is 9.36 Å². The average Bonchev–Trinajstić information content (AvgIpc) is 3.25. The summed E-state index contributed by atoms with van der Waals surface area (Å²) in [6, 6.07) is 7.71. The smallest absolute Gasteiger partial charge is 0.326 e. The molecule has 1 aromatic carbocycles. The van der Waals surface area contributed by atoms with Gasteiger partial charge in [-0.2, -0.15) is 0 Å². The molecule has 3 atom stereocenters. The van der Waals surface area contributed by atoms with Gasteiger partial charge in [-0.15, -0.1) is 0 Å². The van der Waals surface area contributed by atoms with Crippen LogP contribution in [0.15, 0.2) is 36.9 Å². The van der Waals surface area contributed by atoms with Crippen LogP contribution in [0, 0.1) is 6.92 Å². The molecule has 0 aliphatic heterocycles. The predicted molar refractivity (Wildman–Crippen MR) is 144 cm³/mol. The molecule has 0 spiro atoms. The van der Waals surface area contributed by atoms with Gasteiger partial charge in [-0.25, -0.2) is 25.1 Å². The standard InChI is InChI=1S/C25H38N7O4P/c1-7-12-35-24(33)25(5,6)31-37(34,30-19(4)20-10-8-17(2)9-11-20)16-36-18(3)13-32-15-29-21-22(26)27-14-28-23(21)32/h8-11,14-15,18-19H,7,12-13,16H2,1-6H3,(H2,26,27,28)(H2,30,31,34)/t18-,19+,37+/m1/s1. The predicted octanol–water partition coefficient (Wildman–Crippen LogP) is 3.94. The van der Waals surface area contributed by atoms with Crippen molar-refractivity contribution in [3.63, 3.8) is 0 Å². The number of esters is 1. The summed E-state index contributed by atoms with van der Waals surface area (Å²) < 4.78 is 27.4. The molecule has 0 amide bonds. The quantitative estimate of drug-likeness (QED) is 0.219. The Bertz CT molecular complexity index is 1250. The molecular weight excluding hydrogens is 493 g/mol. The van der Waals surface area contributed by atoms with Gasteiger partial charge in [0.2, 0.25) is 7.44 Å². The number of aromatic nitrogens is 4. The third kappa shape index (κ3) is 7.58. The van der Waals surface area contributed by atoms with Crippen molar-refractivity contribution in [1.82, 2.24) is 29.7 Å². The number of carbonyl (C=O) groups excluding carboxylic acids is 1. The fourth-order valence-electron chi connectivity index (χ4n) is 3.81. The molecule has 2 heterocycles. The van der Waals surface area contributed by atoms with E-state index in [2.05, 4.69) is 25.1 Å². The Morgan fingerprint density at radius 3 is 2.57 bits per heavy atom. The van der Waals surface area contributed by atoms with Gasteiger partial charge in [-0.1, -0.05) is 36.8 Å². The van der Waals surface area contributed by atoms with E-state index in [1.807, 2.05) is 56.5 Å². The van der Waals surface area contributed by atoms with Gasteiger partial charge in [-0.3, -0.25) is 9.36 Å². The molecule has 3 aromatic rings. The molecule has 3 rings (SSSR count). The lowest BCUT2D eigenvalue weighted by molar-refractivity contribution is -0.149. The highest BCUT2D eigenvalue weighted by molar-refractivity contribution is 7.59. The maximum Gasteiger partial charge on any atom is 0.326 e. The summed E-state index contributed by atoms with van der Waals surface area (Å²) in [7, 11) is -3.45. The SMILES string of the molecule is CCCOC(=O)C(C)(C)N[P@](=O)(CO[C@H](C)Cn1cnc2c(N)ncnc21)N[C@@H](C)c1ccc(C)cc1. The molecule has 0 fully saturated rings. The van der Waals surface area contributed by atoms with E-state index in [4.69, 9.17) is 15.2 Å². The number of fused-ring (bicyclic) bond motifs is 1. The minimum absolute atomic E-state index is 0.154. The highest BCUT2D eigenvalue weighted by Crippen LogP contribution is 2.42. The molecule has 202 valence electrons. The summed E-state index contributed by atoms with van der Waals surface area (Å²) in [4.78, 5) is 25.2. The van der Waals surface area contributed by atoms with Crippen LogP contribution in [-0.4, -0.2) is 50.1 Å². The number of hydrogen-bond acceptors (Lipinski definition) is 8. The fraction of sp³-hybridized carbons (Fsp3) is 0.520. The van der Waals surface area contributed by atoms with E-state index in [-0.39, 0.29) is 18.5 Å². The number of nitrogens with zero attached hydrogens (tertiary/aromatic N) is 4. The monoisotopic (exact) mass is 531 g/mol. The largest absolute Gasteiger partial charge is 0.464 e. The van der Waals surface area contributed by atoms with Crippen molar-refractivity contribution < 1.29 is 18.8 Å². The Morgan fingerprint density at radius 1 is 1.19 bits per heavy atom. The number of rotatable bonds is 13. The first-order chi connectivity index (χ1) is 17.4. The number of aryl methyl sites for hydroxylation is 1. The second-order valence-electron chi connectivity index (χ2n) is 9.81. The summed E-state index contributed by atoms with van der Waals surface area (Å²) in [5.74, 6) is -0.174. The number of nitrogen functional groups attached to an aromatic ring is 1. The third-order valence-corrected chi connectivity index (χ3v) is 8.05. The van der Waals surface area contributed by atoms with Gasteiger partial charge in [0, 0.05) is 6.04 Å². The van der Waals surface area contributed by atoms with Crippen LogP contribution < -0.4 is 15.9 Å². The van der Waals surface area contributed by atoms with Crippen molar-refractivity contribution in [3.05, 3.63) is 48.0 Å². The van der Waals surface area contributed by atoms with Crippen LogP contribution in [-0.2, 0) is 25.4 Å². The van der Waals surface area contributed by atoms with Crippen molar-refractivity contribution in [2.45, 2.75) is 72.2 Å². The van der Waals surface area contributed by atoms with Gasteiger partial charge in [0.15, 0.2) is 11.5 Å². The lowest BCUT2D eigenvalue weighted by Crippen LogP contribution is -2.49. The van der Waals surface area contributed by atoms with Gasteiger partial charge in [0.25, 0.3) is 0 Å². The first-order valence-corrected chi connectivity index (χ1v) is 14.3. The molecule has 0 radical (unpaired) electrons. The maximum absolute atomic E-state index is 14.2. The van der Waals surface area contributed by atoms with E-state index >= 15 is 0 Å². The van der Waals surface area contributed by atoms with Gasteiger partial charge in [-0.05, 0) is 46.6 Å². The van der Waals surface area contributed by atoms with E-state index in [0.717, 1.165) is 11.1 Å². The lowest BCUT2D eigenvalue weighted by Gasteiger charge is -2.33. The van der Waals surface area contributed by atoms with E-state index < -0.39 is 19.0 Å². The first-order valence-electron chi connectivity index (χ1n) is 12.4. The van der Waals surface area contributed by atoms with Crippen LogP contribution in [0.1, 0.15) is 58.2 Å². The molecule has 0 aliphatic carbocycles. The summed E-state index contributed by atoms with van der Waals surface area (Å²) in [5, 5.41) is 6.23. The van der Waals surface area contributed by atoms with Gasteiger partial charge in [0.05, 0.1) is 25.6 Å². The van der Waals surface area contributed by atoms with Crippen LogP contribution in [0.2, 0.25) is 0 Å². The Kier molecular flexibility index (Phi) is 9.41. The van der Waals surface area contributed by atoms with Crippen molar-refractivity contribution in [3.8, 4) is 0 Å². The number of imidazole rings is 1. The normalized spacial score (nSPS) is 15.3. The van der Waals surface area contributed by atoms with Crippen molar-refractivity contribution in [1.29, 1.82) is 0 Å². The molecule has 0 saturated carbocycles. The molecule has 0 saturated heterocycles. The molecule has 11 nitrogen and oxygen atoms in total. The zero-order valence-electron chi connectivity index (χ0n) is 22.4. The summed E-state index contributed by atoms with van der Waals surface area (Å²) in [5.41, 5.74) is 7.89. The number of carbonyl (C=O) groups is 1. The second kappa shape index (κ2) is 12.1. The number of nitrogens with one attached hydrogen (secondary N) is 2. The second-order valence-corrected chi connectivity index (χ2v) is 12.0. The topological polar surface area (TPSA) is 146 Å². The number of anilines is 1. The molecule has 12 heteroatoms. The van der Waals surface area contributed by atoms with Crippen LogP contribution in [0.3, 0.4) is 0 Å². The fourth-order valence-corrected chi connectivity index (χ4v) is 6.25. The lowest BCUT2D eigenvalue weighted by atomic mass is 10.1. The minimum Gasteiger partial charge on any atom is -0.464 e. The number of nitrogens with two attached hydrogens (primary N) is 1. The maximum atomic E-state index is 14.2. The third-order valence-electron chi connectivity index (χ3n) is 5.81. The zero-order valence-corrected chi connectivity index (χ0v) is 23.3.